The molecule has 0 radical (unpaired) electrons. The van der Waals surface area contributed by atoms with Gasteiger partial charge in [-0.3, -0.25) is 4.79 Å². The number of hydrogen-bond acceptors (Lipinski definition) is 2. The van der Waals surface area contributed by atoms with Crippen LogP contribution in [0, 0.1) is 11.8 Å². The van der Waals surface area contributed by atoms with Crippen LogP contribution in [0.5, 0.6) is 0 Å². The predicted octanol–water partition coefficient (Wildman–Crippen LogP) is 0.920. The van der Waals surface area contributed by atoms with Gasteiger partial charge in [0.2, 0.25) is 5.91 Å². The van der Waals surface area contributed by atoms with Crippen LogP contribution in [0.2, 0.25) is 0 Å². The van der Waals surface area contributed by atoms with Crippen molar-refractivity contribution in [3.63, 3.8) is 0 Å². The van der Waals surface area contributed by atoms with Crippen molar-refractivity contribution >= 4 is 5.91 Å². The van der Waals surface area contributed by atoms with Gasteiger partial charge in [0.1, 0.15) is 0 Å². The van der Waals surface area contributed by atoms with Gasteiger partial charge in [-0.15, -0.1) is 0 Å². The normalized spacial score (nSPS) is 21.3. The van der Waals surface area contributed by atoms with E-state index in [2.05, 4.69) is 5.32 Å². The van der Waals surface area contributed by atoms with E-state index in [1.807, 2.05) is 13.8 Å². The Labute approximate surface area is 79.5 Å². The Hall–Kier alpha value is -0.570. The quantitative estimate of drug-likeness (QED) is 0.684. The van der Waals surface area contributed by atoms with Crippen LogP contribution in [0.3, 0.4) is 0 Å². The summed E-state index contributed by atoms with van der Waals surface area (Å²) in [4.78, 5) is 11.2. The minimum absolute atomic E-state index is 0.00463. The SMILES string of the molecule is CC(C)C(=O)NCC(C)(O)C1CC1. The topological polar surface area (TPSA) is 49.3 Å². The maximum absolute atomic E-state index is 11.2. The van der Waals surface area contributed by atoms with Crippen molar-refractivity contribution in [1.82, 2.24) is 5.32 Å². The molecule has 2 N–H and O–H groups in total. The van der Waals surface area contributed by atoms with Gasteiger partial charge in [-0.25, -0.2) is 0 Å². The molecule has 0 spiro atoms. The molecule has 0 heterocycles. The molecule has 13 heavy (non-hydrogen) atoms. The molecule has 0 aliphatic heterocycles. The van der Waals surface area contributed by atoms with Gasteiger partial charge in [0.15, 0.2) is 0 Å². The highest BCUT2D eigenvalue weighted by Gasteiger charge is 2.39. The van der Waals surface area contributed by atoms with E-state index in [4.69, 9.17) is 0 Å². The number of carbonyl (C=O) groups is 1. The Balaban J connectivity index is 2.28. The molecule has 1 atom stereocenters. The molecule has 1 saturated carbocycles. The molecule has 3 heteroatoms. The van der Waals surface area contributed by atoms with Gasteiger partial charge in [-0.05, 0) is 25.7 Å². The van der Waals surface area contributed by atoms with Crippen molar-refractivity contribution in [2.24, 2.45) is 11.8 Å². The molecule has 0 aromatic carbocycles. The average Bonchev–Trinajstić information content (AvgIpc) is 2.81. The smallest absolute Gasteiger partial charge is 0.222 e. The molecular formula is C10H19NO2. The number of aliphatic hydroxyl groups is 1. The standard InChI is InChI=1S/C10H19NO2/c1-7(2)9(12)11-6-10(3,13)8-4-5-8/h7-8,13H,4-6H2,1-3H3,(H,11,12). The Morgan fingerprint density at radius 1 is 1.62 bits per heavy atom. The lowest BCUT2D eigenvalue weighted by Crippen LogP contribution is -2.43. The third-order valence-electron chi connectivity index (χ3n) is 2.60. The maximum atomic E-state index is 11.2. The lowest BCUT2D eigenvalue weighted by Gasteiger charge is -2.23. The second-order valence-corrected chi connectivity index (χ2v) is 4.50. The molecule has 0 aromatic heterocycles. The number of rotatable bonds is 4. The first-order valence-electron chi connectivity index (χ1n) is 4.93. The summed E-state index contributed by atoms with van der Waals surface area (Å²) in [6, 6.07) is 0. The summed E-state index contributed by atoms with van der Waals surface area (Å²) in [6.07, 6.45) is 2.18. The summed E-state index contributed by atoms with van der Waals surface area (Å²) in [5.41, 5.74) is -0.704. The highest BCUT2D eigenvalue weighted by molar-refractivity contribution is 5.77. The van der Waals surface area contributed by atoms with Crippen LogP contribution >= 0.6 is 0 Å². The van der Waals surface area contributed by atoms with Crippen LogP contribution in [-0.2, 0) is 4.79 Å². The van der Waals surface area contributed by atoms with E-state index in [9.17, 15) is 9.90 Å². The summed E-state index contributed by atoms with van der Waals surface area (Å²) in [5.74, 6) is 0.399. The summed E-state index contributed by atoms with van der Waals surface area (Å²) < 4.78 is 0. The minimum atomic E-state index is -0.704. The molecule has 0 bridgehead atoms. The number of carbonyl (C=O) groups excluding carboxylic acids is 1. The second-order valence-electron chi connectivity index (χ2n) is 4.50. The zero-order chi connectivity index (χ0) is 10.1. The Kier molecular flexibility index (Phi) is 2.96. The zero-order valence-electron chi connectivity index (χ0n) is 8.63. The fourth-order valence-electron chi connectivity index (χ4n) is 1.32. The third kappa shape index (κ3) is 2.99. The van der Waals surface area contributed by atoms with Crippen LogP contribution in [0.4, 0.5) is 0 Å². The van der Waals surface area contributed by atoms with Crippen molar-refractivity contribution in [1.29, 1.82) is 0 Å². The third-order valence-corrected chi connectivity index (χ3v) is 2.60. The summed E-state index contributed by atoms with van der Waals surface area (Å²) in [7, 11) is 0. The van der Waals surface area contributed by atoms with Crippen molar-refractivity contribution in [2.75, 3.05) is 6.54 Å². The van der Waals surface area contributed by atoms with Crippen molar-refractivity contribution in [3.8, 4) is 0 Å². The zero-order valence-corrected chi connectivity index (χ0v) is 8.63. The molecule has 1 fully saturated rings. The molecule has 1 aliphatic carbocycles. The van der Waals surface area contributed by atoms with Crippen molar-refractivity contribution in [2.45, 2.75) is 39.2 Å². The van der Waals surface area contributed by atoms with E-state index in [0.29, 0.717) is 12.5 Å². The van der Waals surface area contributed by atoms with E-state index >= 15 is 0 Å². The molecule has 1 amide bonds. The van der Waals surface area contributed by atoms with Crippen molar-refractivity contribution < 1.29 is 9.90 Å². The molecule has 0 saturated heterocycles. The van der Waals surface area contributed by atoms with Gasteiger partial charge < -0.3 is 10.4 Å². The van der Waals surface area contributed by atoms with Crippen LogP contribution in [0.15, 0.2) is 0 Å². The van der Waals surface area contributed by atoms with E-state index < -0.39 is 5.60 Å². The van der Waals surface area contributed by atoms with Gasteiger partial charge in [-0.2, -0.15) is 0 Å². The molecule has 0 aromatic rings. The summed E-state index contributed by atoms with van der Waals surface area (Å²) in [6.45, 7) is 5.88. The number of hydrogen-bond donors (Lipinski definition) is 2. The monoisotopic (exact) mass is 185 g/mol. The summed E-state index contributed by atoms with van der Waals surface area (Å²) in [5, 5.41) is 12.6. The first kappa shape index (κ1) is 10.5. The molecule has 1 unspecified atom stereocenters. The van der Waals surface area contributed by atoms with E-state index in [-0.39, 0.29) is 11.8 Å². The van der Waals surface area contributed by atoms with Gasteiger partial charge in [-0.1, -0.05) is 13.8 Å². The number of nitrogens with one attached hydrogen (secondary N) is 1. The van der Waals surface area contributed by atoms with Crippen molar-refractivity contribution in [3.05, 3.63) is 0 Å². The van der Waals surface area contributed by atoms with Gasteiger partial charge in [0.25, 0.3) is 0 Å². The second kappa shape index (κ2) is 3.66. The van der Waals surface area contributed by atoms with Crippen LogP contribution < -0.4 is 5.32 Å². The largest absolute Gasteiger partial charge is 0.388 e. The Bertz CT molecular complexity index is 195. The molecular weight excluding hydrogens is 166 g/mol. The van der Waals surface area contributed by atoms with Crippen LogP contribution in [-0.4, -0.2) is 23.2 Å². The van der Waals surface area contributed by atoms with Crippen LogP contribution in [0.1, 0.15) is 33.6 Å². The molecule has 76 valence electrons. The Morgan fingerprint density at radius 3 is 2.54 bits per heavy atom. The predicted molar refractivity (Wildman–Crippen MR) is 51.2 cm³/mol. The number of amides is 1. The Morgan fingerprint density at radius 2 is 2.15 bits per heavy atom. The molecule has 1 aliphatic rings. The first-order chi connectivity index (χ1) is 5.93. The highest BCUT2D eigenvalue weighted by Crippen LogP contribution is 2.38. The van der Waals surface area contributed by atoms with E-state index in [0.717, 1.165) is 12.8 Å². The van der Waals surface area contributed by atoms with Gasteiger partial charge in [0, 0.05) is 12.5 Å². The lowest BCUT2D eigenvalue weighted by atomic mass is 10.0. The average molecular weight is 185 g/mol. The first-order valence-corrected chi connectivity index (χ1v) is 4.93. The van der Waals surface area contributed by atoms with Gasteiger partial charge >= 0.3 is 0 Å². The minimum Gasteiger partial charge on any atom is -0.388 e. The fraction of sp³-hybridized carbons (Fsp3) is 0.900. The lowest BCUT2D eigenvalue weighted by molar-refractivity contribution is -0.125. The highest BCUT2D eigenvalue weighted by atomic mass is 16.3. The fourth-order valence-corrected chi connectivity index (χ4v) is 1.32. The van der Waals surface area contributed by atoms with Gasteiger partial charge in [0.05, 0.1) is 5.60 Å². The summed E-state index contributed by atoms with van der Waals surface area (Å²) >= 11 is 0. The van der Waals surface area contributed by atoms with Crippen LogP contribution in [0.25, 0.3) is 0 Å². The molecule has 1 rings (SSSR count). The van der Waals surface area contributed by atoms with E-state index in [1.54, 1.807) is 6.92 Å². The van der Waals surface area contributed by atoms with E-state index in [1.165, 1.54) is 0 Å². The molecule has 3 nitrogen and oxygen atoms in total. The maximum Gasteiger partial charge on any atom is 0.222 e.